The number of carbonyl (C=O) groups excluding carboxylic acids is 1. The molecule has 0 aromatic carbocycles. The van der Waals surface area contributed by atoms with Crippen LogP contribution in [0.5, 0.6) is 0 Å². The molecule has 1 heterocycles. The van der Waals surface area contributed by atoms with Crippen molar-refractivity contribution in [2.24, 2.45) is 5.73 Å². The van der Waals surface area contributed by atoms with Crippen LogP contribution in [0.3, 0.4) is 0 Å². The molecule has 0 aliphatic carbocycles. The maximum absolute atomic E-state index is 11.8. The molecule has 1 aliphatic rings. The Bertz CT molecular complexity index is 200. The van der Waals surface area contributed by atoms with Crippen LogP contribution < -0.4 is 5.73 Å². The fraction of sp³-hybridized carbons (Fsp3) is 0.909. The first-order chi connectivity index (χ1) is 7.09. The van der Waals surface area contributed by atoms with E-state index < -0.39 is 0 Å². The van der Waals surface area contributed by atoms with Crippen molar-refractivity contribution in [2.45, 2.75) is 32.2 Å². The third-order valence-corrected chi connectivity index (χ3v) is 2.71. The minimum Gasteiger partial charge on any atom is -0.342 e. The van der Waals surface area contributed by atoms with Gasteiger partial charge in [-0.15, -0.1) is 0 Å². The number of likely N-dealkylation sites (N-methyl/N-ethyl adjacent to an activating group) is 1. The number of rotatable bonds is 4. The van der Waals surface area contributed by atoms with Gasteiger partial charge in [0.2, 0.25) is 5.91 Å². The van der Waals surface area contributed by atoms with E-state index in [1.54, 1.807) is 0 Å². The van der Waals surface area contributed by atoms with Gasteiger partial charge in [0.25, 0.3) is 0 Å². The van der Waals surface area contributed by atoms with Gasteiger partial charge in [0.05, 0.1) is 6.54 Å². The minimum atomic E-state index is 0.129. The molecule has 0 aromatic heterocycles. The molecule has 0 spiro atoms. The third kappa shape index (κ3) is 4.62. The van der Waals surface area contributed by atoms with E-state index >= 15 is 0 Å². The SMILES string of the molecule is CC(N)CN(C)CC(=O)N1CCCCC1. The van der Waals surface area contributed by atoms with Gasteiger partial charge in [-0.05, 0) is 33.2 Å². The second kappa shape index (κ2) is 6.08. The van der Waals surface area contributed by atoms with Crippen LogP contribution in [0, 0.1) is 0 Å². The lowest BCUT2D eigenvalue weighted by atomic mass is 10.1. The molecule has 0 saturated carbocycles. The van der Waals surface area contributed by atoms with E-state index in [9.17, 15) is 4.79 Å². The van der Waals surface area contributed by atoms with Crippen molar-refractivity contribution in [1.29, 1.82) is 0 Å². The van der Waals surface area contributed by atoms with E-state index in [1.165, 1.54) is 6.42 Å². The van der Waals surface area contributed by atoms with Gasteiger partial charge in [0, 0.05) is 25.7 Å². The molecule has 88 valence electrons. The molecule has 1 amide bonds. The van der Waals surface area contributed by atoms with Gasteiger partial charge in [-0.3, -0.25) is 9.69 Å². The van der Waals surface area contributed by atoms with Crippen molar-refractivity contribution in [1.82, 2.24) is 9.80 Å². The number of carbonyl (C=O) groups is 1. The predicted molar refractivity (Wildman–Crippen MR) is 61.6 cm³/mol. The van der Waals surface area contributed by atoms with Crippen LogP contribution in [0.25, 0.3) is 0 Å². The molecule has 2 N–H and O–H groups in total. The summed E-state index contributed by atoms with van der Waals surface area (Å²) in [6, 6.07) is 0.129. The Morgan fingerprint density at radius 1 is 1.40 bits per heavy atom. The molecule has 1 atom stereocenters. The van der Waals surface area contributed by atoms with Crippen molar-refractivity contribution < 1.29 is 4.79 Å². The van der Waals surface area contributed by atoms with Crippen molar-refractivity contribution in [3.05, 3.63) is 0 Å². The molecule has 0 aromatic rings. The van der Waals surface area contributed by atoms with E-state index in [0.717, 1.165) is 32.5 Å². The van der Waals surface area contributed by atoms with E-state index in [0.29, 0.717) is 6.54 Å². The van der Waals surface area contributed by atoms with Gasteiger partial charge in [0.15, 0.2) is 0 Å². The molecule has 1 saturated heterocycles. The highest BCUT2D eigenvalue weighted by Crippen LogP contribution is 2.08. The lowest BCUT2D eigenvalue weighted by Crippen LogP contribution is -2.44. The molecular formula is C11H23N3O. The fourth-order valence-electron chi connectivity index (χ4n) is 2.03. The van der Waals surface area contributed by atoms with Crippen molar-refractivity contribution in [3.8, 4) is 0 Å². The molecule has 4 nitrogen and oxygen atoms in total. The minimum absolute atomic E-state index is 0.129. The molecule has 1 aliphatic heterocycles. The van der Waals surface area contributed by atoms with Crippen molar-refractivity contribution in [3.63, 3.8) is 0 Å². The molecule has 4 heteroatoms. The summed E-state index contributed by atoms with van der Waals surface area (Å²) >= 11 is 0. The number of hydrogen-bond acceptors (Lipinski definition) is 3. The maximum atomic E-state index is 11.8. The summed E-state index contributed by atoms with van der Waals surface area (Å²) in [6.07, 6.45) is 3.57. The Labute approximate surface area is 92.4 Å². The molecule has 0 bridgehead atoms. The number of nitrogens with two attached hydrogens (primary N) is 1. The van der Waals surface area contributed by atoms with E-state index in [-0.39, 0.29) is 11.9 Å². The first-order valence-electron chi connectivity index (χ1n) is 5.81. The summed E-state index contributed by atoms with van der Waals surface area (Å²) in [5, 5.41) is 0. The molecular weight excluding hydrogens is 190 g/mol. The zero-order valence-corrected chi connectivity index (χ0v) is 9.91. The third-order valence-electron chi connectivity index (χ3n) is 2.71. The molecule has 1 unspecified atom stereocenters. The highest BCUT2D eigenvalue weighted by Gasteiger charge is 2.17. The Kier molecular flexibility index (Phi) is 5.05. The van der Waals surface area contributed by atoms with Gasteiger partial charge in [0.1, 0.15) is 0 Å². The van der Waals surface area contributed by atoms with Crippen LogP contribution in [0.15, 0.2) is 0 Å². The lowest BCUT2D eigenvalue weighted by molar-refractivity contribution is -0.133. The van der Waals surface area contributed by atoms with Crippen LogP contribution in [0.4, 0.5) is 0 Å². The van der Waals surface area contributed by atoms with Gasteiger partial charge in [-0.2, -0.15) is 0 Å². The molecule has 0 radical (unpaired) electrons. The Hall–Kier alpha value is -0.610. The summed E-state index contributed by atoms with van der Waals surface area (Å²) in [7, 11) is 1.95. The predicted octanol–water partition coefficient (Wildman–Crippen LogP) is 0.278. The summed E-state index contributed by atoms with van der Waals surface area (Å²) in [5.41, 5.74) is 5.68. The van der Waals surface area contributed by atoms with Crippen molar-refractivity contribution in [2.75, 3.05) is 33.2 Å². The number of hydrogen-bond donors (Lipinski definition) is 1. The monoisotopic (exact) mass is 213 g/mol. The summed E-state index contributed by atoms with van der Waals surface area (Å²) in [4.78, 5) is 15.8. The maximum Gasteiger partial charge on any atom is 0.236 e. The zero-order valence-electron chi connectivity index (χ0n) is 9.91. The van der Waals surface area contributed by atoms with Crippen LogP contribution in [0.1, 0.15) is 26.2 Å². The van der Waals surface area contributed by atoms with Crippen molar-refractivity contribution >= 4 is 5.91 Å². The number of likely N-dealkylation sites (tertiary alicyclic amines) is 1. The average molecular weight is 213 g/mol. The lowest BCUT2D eigenvalue weighted by Gasteiger charge is -2.29. The Morgan fingerprint density at radius 3 is 2.53 bits per heavy atom. The van der Waals surface area contributed by atoms with Gasteiger partial charge >= 0.3 is 0 Å². The van der Waals surface area contributed by atoms with Gasteiger partial charge in [-0.25, -0.2) is 0 Å². The van der Waals surface area contributed by atoms with E-state index in [1.807, 2.05) is 23.8 Å². The number of amides is 1. The molecule has 1 rings (SSSR count). The topological polar surface area (TPSA) is 49.6 Å². The van der Waals surface area contributed by atoms with Crippen LogP contribution in [0.2, 0.25) is 0 Å². The summed E-state index contributed by atoms with van der Waals surface area (Å²) < 4.78 is 0. The highest BCUT2D eigenvalue weighted by molar-refractivity contribution is 5.78. The fourth-order valence-corrected chi connectivity index (χ4v) is 2.03. The second-order valence-corrected chi connectivity index (χ2v) is 4.62. The smallest absolute Gasteiger partial charge is 0.236 e. The number of piperidine rings is 1. The van der Waals surface area contributed by atoms with E-state index in [2.05, 4.69) is 0 Å². The molecule has 15 heavy (non-hydrogen) atoms. The zero-order chi connectivity index (χ0) is 11.3. The van der Waals surface area contributed by atoms with E-state index in [4.69, 9.17) is 5.73 Å². The standard InChI is InChI=1S/C11H23N3O/c1-10(12)8-13(2)9-11(15)14-6-4-3-5-7-14/h10H,3-9,12H2,1-2H3. The average Bonchev–Trinajstić information content (AvgIpc) is 2.17. The summed E-state index contributed by atoms with van der Waals surface area (Å²) in [5.74, 6) is 0.248. The number of nitrogens with zero attached hydrogens (tertiary/aromatic N) is 2. The van der Waals surface area contributed by atoms with Gasteiger partial charge < -0.3 is 10.6 Å². The largest absolute Gasteiger partial charge is 0.342 e. The summed E-state index contributed by atoms with van der Waals surface area (Å²) in [6.45, 7) is 5.11. The van der Waals surface area contributed by atoms with Crippen LogP contribution in [-0.2, 0) is 4.79 Å². The van der Waals surface area contributed by atoms with Crippen LogP contribution >= 0.6 is 0 Å². The Balaban J connectivity index is 2.27. The second-order valence-electron chi connectivity index (χ2n) is 4.62. The van der Waals surface area contributed by atoms with Crippen LogP contribution in [-0.4, -0.2) is 55.0 Å². The van der Waals surface area contributed by atoms with Gasteiger partial charge in [-0.1, -0.05) is 0 Å². The highest BCUT2D eigenvalue weighted by atomic mass is 16.2. The quantitative estimate of drug-likeness (QED) is 0.729. The molecule has 1 fully saturated rings. The normalized spacial score (nSPS) is 19.3. The first kappa shape index (κ1) is 12.5. The first-order valence-corrected chi connectivity index (χ1v) is 5.81. The Morgan fingerprint density at radius 2 is 2.00 bits per heavy atom.